The molecular formula is C12H16ClN. The highest BCUT2D eigenvalue weighted by atomic mass is 35.5. The van der Waals surface area contributed by atoms with Crippen molar-refractivity contribution in [1.29, 1.82) is 0 Å². The van der Waals surface area contributed by atoms with Gasteiger partial charge in [-0.2, -0.15) is 0 Å². The zero-order valence-electron chi connectivity index (χ0n) is 8.52. The Hall–Kier alpha value is -0.690. The second-order valence-corrected chi connectivity index (χ2v) is 4.50. The molecule has 1 fully saturated rings. The van der Waals surface area contributed by atoms with Crippen LogP contribution in [0.15, 0.2) is 18.2 Å². The molecule has 0 unspecified atom stereocenters. The zero-order valence-corrected chi connectivity index (χ0v) is 9.27. The Morgan fingerprint density at radius 2 is 2.21 bits per heavy atom. The number of hydrogen-bond donors (Lipinski definition) is 1. The minimum atomic E-state index is 0.834. The van der Waals surface area contributed by atoms with E-state index in [1.54, 1.807) is 0 Å². The fourth-order valence-corrected chi connectivity index (χ4v) is 1.95. The monoisotopic (exact) mass is 209 g/mol. The molecular weight excluding hydrogens is 194 g/mol. The highest BCUT2D eigenvalue weighted by Gasteiger charge is 2.20. The van der Waals surface area contributed by atoms with Crippen molar-refractivity contribution < 1.29 is 0 Å². The maximum atomic E-state index is 6.10. The van der Waals surface area contributed by atoms with Crippen LogP contribution in [0.25, 0.3) is 0 Å². The summed E-state index contributed by atoms with van der Waals surface area (Å²) in [6.45, 7) is 3.14. The minimum Gasteiger partial charge on any atom is -0.384 e. The first-order valence-corrected chi connectivity index (χ1v) is 5.64. The van der Waals surface area contributed by atoms with Crippen molar-refractivity contribution in [2.45, 2.75) is 26.2 Å². The lowest BCUT2D eigenvalue weighted by Crippen LogP contribution is -2.04. The largest absolute Gasteiger partial charge is 0.384 e. The molecule has 0 aromatic heterocycles. The fraction of sp³-hybridized carbons (Fsp3) is 0.500. The van der Waals surface area contributed by atoms with Crippen molar-refractivity contribution in [2.24, 2.45) is 5.92 Å². The Labute approximate surface area is 90.5 Å². The second kappa shape index (κ2) is 4.22. The number of para-hydroxylation sites is 1. The number of anilines is 1. The molecule has 2 heteroatoms. The standard InChI is InChI=1S/C12H16ClN/c1-9-3-2-4-11(13)12(9)14-8-7-10-5-6-10/h2-4,10,14H,5-8H2,1H3. The maximum Gasteiger partial charge on any atom is 0.0640 e. The first-order valence-electron chi connectivity index (χ1n) is 5.26. The Kier molecular flexibility index (Phi) is 2.97. The molecule has 0 heterocycles. The number of nitrogens with one attached hydrogen (secondary N) is 1. The normalized spacial score (nSPS) is 15.6. The fourth-order valence-electron chi connectivity index (χ4n) is 1.66. The van der Waals surface area contributed by atoms with Crippen LogP contribution in [-0.4, -0.2) is 6.54 Å². The molecule has 1 aliphatic carbocycles. The Morgan fingerprint density at radius 1 is 1.43 bits per heavy atom. The summed E-state index contributed by atoms with van der Waals surface area (Å²) in [5, 5.41) is 4.25. The molecule has 1 aromatic rings. The number of hydrogen-bond acceptors (Lipinski definition) is 1. The molecule has 0 saturated heterocycles. The van der Waals surface area contributed by atoms with Crippen LogP contribution in [-0.2, 0) is 0 Å². The third-order valence-corrected chi connectivity index (χ3v) is 3.09. The van der Waals surface area contributed by atoms with E-state index in [4.69, 9.17) is 11.6 Å². The highest BCUT2D eigenvalue weighted by Crippen LogP contribution is 2.32. The molecule has 14 heavy (non-hydrogen) atoms. The zero-order chi connectivity index (χ0) is 9.97. The molecule has 0 radical (unpaired) electrons. The quantitative estimate of drug-likeness (QED) is 0.794. The molecule has 0 amide bonds. The van der Waals surface area contributed by atoms with E-state index in [0.29, 0.717) is 0 Å². The summed E-state index contributed by atoms with van der Waals surface area (Å²) in [7, 11) is 0. The first kappa shape index (κ1) is 9.85. The van der Waals surface area contributed by atoms with Crippen molar-refractivity contribution in [2.75, 3.05) is 11.9 Å². The summed E-state index contributed by atoms with van der Waals surface area (Å²) in [5.41, 5.74) is 2.34. The van der Waals surface area contributed by atoms with Gasteiger partial charge in [-0.05, 0) is 30.9 Å². The predicted octanol–water partition coefficient (Wildman–Crippen LogP) is 3.86. The molecule has 0 bridgehead atoms. The Bertz CT molecular complexity index is 298. The number of benzene rings is 1. The lowest BCUT2D eigenvalue weighted by Gasteiger charge is -2.10. The van der Waals surface area contributed by atoms with Crippen molar-refractivity contribution in [3.05, 3.63) is 28.8 Å². The Balaban J connectivity index is 1.92. The van der Waals surface area contributed by atoms with E-state index in [9.17, 15) is 0 Å². The van der Waals surface area contributed by atoms with Crippen molar-refractivity contribution >= 4 is 17.3 Å². The van der Waals surface area contributed by atoms with Crippen molar-refractivity contribution in [1.82, 2.24) is 0 Å². The Morgan fingerprint density at radius 3 is 2.86 bits per heavy atom. The first-order chi connectivity index (χ1) is 6.77. The smallest absolute Gasteiger partial charge is 0.0640 e. The number of halogens is 1. The average molecular weight is 210 g/mol. The summed E-state index contributed by atoms with van der Waals surface area (Å²) < 4.78 is 0. The molecule has 0 spiro atoms. The van der Waals surface area contributed by atoms with Crippen LogP contribution in [0, 0.1) is 12.8 Å². The molecule has 0 aliphatic heterocycles. The van der Waals surface area contributed by atoms with Crippen LogP contribution < -0.4 is 5.32 Å². The summed E-state index contributed by atoms with van der Waals surface area (Å²) in [5.74, 6) is 0.977. The van der Waals surface area contributed by atoms with Gasteiger partial charge in [0, 0.05) is 6.54 Å². The predicted molar refractivity (Wildman–Crippen MR) is 62.0 cm³/mol. The molecule has 76 valence electrons. The molecule has 1 saturated carbocycles. The van der Waals surface area contributed by atoms with Crippen LogP contribution in [0.5, 0.6) is 0 Å². The third-order valence-electron chi connectivity index (χ3n) is 2.77. The molecule has 1 aromatic carbocycles. The molecule has 1 aliphatic rings. The summed E-state index contributed by atoms with van der Waals surface area (Å²) in [4.78, 5) is 0. The molecule has 1 N–H and O–H groups in total. The van der Waals surface area contributed by atoms with Gasteiger partial charge in [0.15, 0.2) is 0 Å². The van der Waals surface area contributed by atoms with Gasteiger partial charge in [-0.1, -0.05) is 36.6 Å². The van der Waals surface area contributed by atoms with Crippen LogP contribution in [0.1, 0.15) is 24.8 Å². The lowest BCUT2D eigenvalue weighted by molar-refractivity contribution is 0.760. The van der Waals surface area contributed by atoms with Crippen LogP contribution >= 0.6 is 11.6 Å². The van der Waals surface area contributed by atoms with Gasteiger partial charge >= 0.3 is 0 Å². The van der Waals surface area contributed by atoms with Gasteiger partial charge in [0.05, 0.1) is 10.7 Å². The van der Waals surface area contributed by atoms with E-state index in [2.05, 4.69) is 18.3 Å². The van der Waals surface area contributed by atoms with Crippen molar-refractivity contribution in [3.8, 4) is 0 Å². The van der Waals surface area contributed by atoms with Gasteiger partial charge in [-0.3, -0.25) is 0 Å². The van der Waals surface area contributed by atoms with E-state index in [1.165, 1.54) is 24.8 Å². The van der Waals surface area contributed by atoms with E-state index in [1.807, 2.05) is 12.1 Å². The second-order valence-electron chi connectivity index (χ2n) is 4.09. The van der Waals surface area contributed by atoms with E-state index in [-0.39, 0.29) is 0 Å². The summed E-state index contributed by atoms with van der Waals surface area (Å²) in [6, 6.07) is 6.02. The van der Waals surface area contributed by atoms with Crippen LogP contribution in [0.4, 0.5) is 5.69 Å². The maximum absolute atomic E-state index is 6.10. The molecule has 2 rings (SSSR count). The van der Waals surface area contributed by atoms with E-state index >= 15 is 0 Å². The highest BCUT2D eigenvalue weighted by molar-refractivity contribution is 6.33. The summed E-state index contributed by atoms with van der Waals surface area (Å²) in [6.07, 6.45) is 4.12. The van der Waals surface area contributed by atoms with Gasteiger partial charge in [-0.25, -0.2) is 0 Å². The number of rotatable bonds is 4. The van der Waals surface area contributed by atoms with Crippen LogP contribution in [0.2, 0.25) is 5.02 Å². The van der Waals surface area contributed by atoms with Gasteiger partial charge < -0.3 is 5.32 Å². The molecule has 0 atom stereocenters. The minimum absolute atomic E-state index is 0.834. The van der Waals surface area contributed by atoms with Gasteiger partial charge in [0.2, 0.25) is 0 Å². The van der Waals surface area contributed by atoms with Crippen molar-refractivity contribution in [3.63, 3.8) is 0 Å². The van der Waals surface area contributed by atoms with Gasteiger partial charge in [0.1, 0.15) is 0 Å². The summed E-state index contributed by atoms with van der Waals surface area (Å²) >= 11 is 6.10. The SMILES string of the molecule is Cc1cccc(Cl)c1NCCC1CC1. The third kappa shape index (κ3) is 2.42. The van der Waals surface area contributed by atoms with E-state index < -0.39 is 0 Å². The van der Waals surface area contributed by atoms with Crippen LogP contribution in [0.3, 0.4) is 0 Å². The molecule has 1 nitrogen and oxygen atoms in total. The van der Waals surface area contributed by atoms with Gasteiger partial charge in [-0.15, -0.1) is 0 Å². The number of aryl methyl sites for hydroxylation is 1. The topological polar surface area (TPSA) is 12.0 Å². The lowest BCUT2D eigenvalue weighted by atomic mass is 10.2. The van der Waals surface area contributed by atoms with E-state index in [0.717, 1.165) is 23.2 Å². The average Bonchev–Trinajstić information content (AvgIpc) is 2.94. The van der Waals surface area contributed by atoms with Gasteiger partial charge in [0.25, 0.3) is 0 Å².